The summed E-state index contributed by atoms with van der Waals surface area (Å²) in [5, 5.41) is 21.5. The molecule has 33 heavy (non-hydrogen) atoms. The van der Waals surface area contributed by atoms with Gasteiger partial charge in [0.25, 0.3) is 0 Å². The van der Waals surface area contributed by atoms with Crippen molar-refractivity contribution in [3.63, 3.8) is 0 Å². The molecule has 5 rings (SSSR count). The molecule has 4 aromatic carbocycles. The molecule has 0 saturated heterocycles. The average Bonchev–Trinajstić information content (AvgIpc) is 3.14. The maximum Gasteiger partial charge on any atom is 0.121 e. The number of aryl methyl sites for hydroxylation is 4. The van der Waals surface area contributed by atoms with Crippen LogP contribution < -0.4 is 0 Å². The predicted molar refractivity (Wildman–Crippen MR) is 135 cm³/mol. The van der Waals surface area contributed by atoms with E-state index in [1.807, 2.05) is 13.8 Å². The van der Waals surface area contributed by atoms with Gasteiger partial charge in [-0.3, -0.25) is 0 Å². The first kappa shape index (κ1) is 21.3. The summed E-state index contributed by atoms with van der Waals surface area (Å²) in [6, 6.07) is 25.9. The van der Waals surface area contributed by atoms with E-state index in [1.165, 1.54) is 22.3 Å². The minimum absolute atomic E-state index is 0.382. The first-order chi connectivity index (χ1) is 15.9. The molecule has 0 radical (unpaired) electrons. The van der Waals surface area contributed by atoms with Crippen LogP contribution in [0.2, 0.25) is 0 Å². The van der Waals surface area contributed by atoms with Gasteiger partial charge in [0, 0.05) is 0 Å². The molecule has 0 saturated carbocycles. The summed E-state index contributed by atoms with van der Waals surface area (Å²) in [5.74, 6) is 0.763. The molecule has 4 aromatic rings. The maximum absolute atomic E-state index is 10.7. The van der Waals surface area contributed by atoms with Crippen molar-refractivity contribution in [2.24, 2.45) is 0 Å². The molecule has 0 amide bonds. The van der Waals surface area contributed by atoms with Gasteiger partial charge < -0.3 is 10.2 Å². The van der Waals surface area contributed by atoms with Crippen LogP contribution in [-0.2, 0) is 18.3 Å². The molecule has 1 aliphatic carbocycles. The smallest absolute Gasteiger partial charge is 0.121 e. The van der Waals surface area contributed by atoms with E-state index in [0.717, 1.165) is 46.2 Å². The summed E-state index contributed by atoms with van der Waals surface area (Å²) < 4.78 is 0. The Kier molecular flexibility index (Phi) is 5.05. The molecule has 0 aromatic heterocycles. The summed E-state index contributed by atoms with van der Waals surface area (Å²) >= 11 is 0. The number of benzene rings is 4. The monoisotopic (exact) mass is 434 g/mol. The highest BCUT2D eigenvalue weighted by molar-refractivity contribution is 5.86. The van der Waals surface area contributed by atoms with Crippen LogP contribution in [0.3, 0.4) is 0 Å². The van der Waals surface area contributed by atoms with Gasteiger partial charge in [0.1, 0.15) is 11.5 Å². The highest BCUT2D eigenvalue weighted by atomic mass is 16.3. The second kappa shape index (κ2) is 7.81. The SMILES string of the molecule is CCc1cc(C2(c3cc(C)c(O)c(CC)c3)c3ccccc3-c3ccccc32)cc(C)c1O. The molecule has 166 valence electrons. The van der Waals surface area contributed by atoms with E-state index in [2.05, 4.69) is 86.6 Å². The Bertz CT molecular complexity index is 1270. The number of aromatic hydroxyl groups is 2. The Hall–Kier alpha value is -3.52. The summed E-state index contributed by atoms with van der Waals surface area (Å²) in [4.78, 5) is 0. The summed E-state index contributed by atoms with van der Waals surface area (Å²) in [6.45, 7) is 8.14. The lowest BCUT2D eigenvalue weighted by Crippen LogP contribution is -2.29. The Balaban J connectivity index is 1.99. The van der Waals surface area contributed by atoms with Crippen molar-refractivity contribution in [2.75, 3.05) is 0 Å². The number of phenols is 2. The lowest BCUT2D eigenvalue weighted by Gasteiger charge is -2.35. The molecule has 0 heterocycles. The van der Waals surface area contributed by atoms with E-state index in [-0.39, 0.29) is 0 Å². The van der Waals surface area contributed by atoms with Crippen LogP contribution in [0.4, 0.5) is 0 Å². The molecule has 0 unspecified atom stereocenters. The first-order valence-electron chi connectivity index (χ1n) is 11.8. The topological polar surface area (TPSA) is 40.5 Å². The van der Waals surface area contributed by atoms with E-state index in [1.54, 1.807) is 0 Å². The van der Waals surface area contributed by atoms with Crippen LogP contribution >= 0.6 is 0 Å². The first-order valence-corrected chi connectivity index (χ1v) is 11.8. The Morgan fingerprint density at radius 3 is 1.39 bits per heavy atom. The van der Waals surface area contributed by atoms with Crippen LogP contribution in [0.5, 0.6) is 11.5 Å². The quantitative estimate of drug-likeness (QED) is 0.314. The van der Waals surface area contributed by atoms with Crippen molar-refractivity contribution < 1.29 is 10.2 Å². The zero-order valence-electron chi connectivity index (χ0n) is 19.7. The lowest BCUT2D eigenvalue weighted by molar-refractivity contribution is 0.463. The highest BCUT2D eigenvalue weighted by Crippen LogP contribution is 2.57. The summed E-state index contributed by atoms with van der Waals surface area (Å²) in [7, 11) is 0. The summed E-state index contributed by atoms with van der Waals surface area (Å²) in [5.41, 5.74) is 10.4. The van der Waals surface area contributed by atoms with Gasteiger partial charge >= 0.3 is 0 Å². The van der Waals surface area contributed by atoms with Crippen molar-refractivity contribution in [2.45, 2.75) is 46.0 Å². The number of hydrogen-bond acceptors (Lipinski definition) is 2. The van der Waals surface area contributed by atoms with Crippen molar-refractivity contribution in [1.82, 2.24) is 0 Å². The average molecular weight is 435 g/mol. The second-order valence-electron chi connectivity index (χ2n) is 9.15. The molecule has 0 spiro atoms. The van der Waals surface area contributed by atoms with Gasteiger partial charge in [0.05, 0.1) is 5.41 Å². The number of fused-ring (bicyclic) bond motifs is 3. The molecule has 0 aliphatic heterocycles. The number of hydrogen-bond donors (Lipinski definition) is 2. The molecule has 1 aliphatic rings. The maximum atomic E-state index is 10.7. The molecule has 2 nitrogen and oxygen atoms in total. The third-order valence-corrected chi connectivity index (χ3v) is 7.34. The van der Waals surface area contributed by atoms with E-state index in [9.17, 15) is 10.2 Å². The third-order valence-electron chi connectivity index (χ3n) is 7.34. The molecular weight excluding hydrogens is 404 g/mol. The van der Waals surface area contributed by atoms with Gasteiger partial charge in [-0.2, -0.15) is 0 Å². The second-order valence-corrected chi connectivity index (χ2v) is 9.15. The van der Waals surface area contributed by atoms with Crippen molar-refractivity contribution in [3.8, 4) is 22.6 Å². The van der Waals surface area contributed by atoms with Gasteiger partial charge in [-0.15, -0.1) is 0 Å². The standard InChI is InChI=1S/C31H30O2/c1-5-21-17-23(15-19(3)29(21)32)31(24-16-20(4)30(33)22(6-2)18-24)27-13-9-7-11-25(27)26-12-8-10-14-28(26)31/h7-18,32-33H,5-6H2,1-4H3. The van der Waals surface area contributed by atoms with Crippen molar-refractivity contribution in [1.29, 1.82) is 0 Å². The minimum atomic E-state index is -0.530. The van der Waals surface area contributed by atoms with Crippen LogP contribution in [0, 0.1) is 13.8 Å². The fourth-order valence-corrected chi connectivity index (χ4v) is 5.70. The van der Waals surface area contributed by atoms with Gasteiger partial charge in [0.2, 0.25) is 0 Å². The van der Waals surface area contributed by atoms with Gasteiger partial charge in [-0.25, -0.2) is 0 Å². The Labute approximate surface area is 196 Å². The van der Waals surface area contributed by atoms with E-state index in [4.69, 9.17) is 0 Å². The fourth-order valence-electron chi connectivity index (χ4n) is 5.70. The third kappa shape index (κ3) is 2.94. The fraction of sp³-hybridized carbons (Fsp3) is 0.226. The predicted octanol–water partition coefficient (Wildman–Crippen LogP) is 7.20. The zero-order valence-corrected chi connectivity index (χ0v) is 19.7. The molecule has 0 fully saturated rings. The molecule has 0 bridgehead atoms. The van der Waals surface area contributed by atoms with Crippen LogP contribution in [0.25, 0.3) is 11.1 Å². The zero-order chi connectivity index (χ0) is 23.3. The molecular formula is C31H30O2. The minimum Gasteiger partial charge on any atom is -0.507 e. The van der Waals surface area contributed by atoms with E-state index in [0.29, 0.717) is 11.5 Å². The van der Waals surface area contributed by atoms with Crippen LogP contribution in [0.15, 0.2) is 72.8 Å². The van der Waals surface area contributed by atoms with Crippen molar-refractivity contribution in [3.05, 3.63) is 117 Å². The Morgan fingerprint density at radius 2 is 1.00 bits per heavy atom. The van der Waals surface area contributed by atoms with Gasteiger partial charge in [-0.05, 0) is 82.3 Å². The largest absolute Gasteiger partial charge is 0.507 e. The van der Waals surface area contributed by atoms with Crippen LogP contribution in [0.1, 0.15) is 58.4 Å². The van der Waals surface area contributed by atoms with Gasteiger partial charge in [0.15, 0.2) is 0 Å². The van der Waals surface area contributed by atoms with Crippen LogP contribution in [-0.4, -0.2) is 10.2 Å². The molecule has 2 N–H and O–H groups in total. The lowest BCUT2D eigenvalue weighted by atomic mass is 9.66. The number of phenolic OH excluding ortho intramolecular Hbond substituents is 2. The molecule has 2 heteroatoms. The van der Waals surface area contributed by atoms with Crippen molar-refractivity contribution >= 4 is 0 Å². The normalized spacial score (nSPS) is 13.6. The highest BCUT2D eigenvalue weighted by Gasteiger charge is 2.46. The van der Waals surface area contributed by atoms with Gasteiger partial charge in [-0.1, -0.05) is 86.6 Å². The molecule has 0 atom stereocenters. The number of rotatable bonds is 4. The Morgan fingerprint density at radius 1 is 0.606 bits per heavy atom. The van der Waals surface area contributed by atoms with E-state index < -0.39 is 5.41 Å². The van der Waals surface area contributed by atoms with E-state index >= 15 is 0 Å². The summed E-state index contributed by atoms with van der Waals surface area (Å²) in [6.07, 6.45) is 1.52.